The van der Waals surface area contributed by atoms with E-state index in [-0.39, 0.29) is 24.1 Å². The fourth-order valence-electron chi connectivity index (χ4n) is 3.72. The smallest absolute Gasteiger partial charge is 0.258 e. The predicted octanol–water partition coefficient (Wildman–Crippen LogP) is 3.13. The van der Waals surface area contributed by atoms with Crippen LogP contribution in [0.2, 0.25) is 0 Å². The number of pyridine rings is 3. The average molecular weight is 430 g/mol. The van der Waals surface area contributed by atoms with Gasteiger partial charge in [-0.3, -0.25) is 14.6 Å². The number of aryl methyl sites for hydroxylation is 1. The molecule has 1 fully saturated rings. The number of dihydropyridines is 1. The van der Waals surface area contributed by atoms with Gasteiger partial charge in [0.15, 0.2) is 0 Å². The Morgan fingerprint density at radius 2 is 2.03 bits per heavy atom. The molecule has 3 atom stereocenters. The highest BCUT2D eigenvalue weighted by atomic mass is 19.1. The number of aromatic nitrogens is 3. The Bertz CT molecular complexity index is 1340. The summed E-state index contributed by atoms with van der Waals surface area (Å²) in [7, 11) is 0. The van der Waals surface area contributed by atoms with Crippen LogP contribution >= 0.6 is 0 Å². The summed E-state index contributed by atoms with van der Waals surface area (Å²) in [5.74, 6) is -1.13. The van der Waals surface area contributed by atoms with Crippen molar-refractivity contribution in [2.75, 3.05) is 11.1 Å². The highest BCUT2D eigenvalue weighted by Gasteiger charge is 2.43. The lowest BCUT2D eigenvalue weighted by molar-refractivity contribution is -0.118. The number of amides is 2. The van der Waals surface area contributed by atoms with Gasteiger partial charge in [-0.2, -0.15) is 0 Å². The molecule has 0 saturated heterocycles. The van der Waals surface area contributed by atoms with Crippen molar-refractivity contribution in [3.05, 3.63) is 54.0 Å². The predicted molar refractivity (Wildman–Crippen MR) is 119 cm³/mol. The minimum absolute atomic E-state index is 0.247. The van der Waals surface area contributed by atoms with Crippen molar-refractivity contribution in [1.82, 2.24) is 15.0 Å². The summed E-state index contributed by atoms with van der Waals surface area (Å²) >= 11 is 0. The molecule has 2 amide bonds. The van der Waals surface area contributed by atoms with Gasteiger partial charge in [0.1, 0.15) is 23.7 Å². The minimum Gasteiger partial charge on any atom is -0.383 e. The second kappa shape index (κ2) is 7.60. The molecule has 3 aromatic heterocycles. The molecular weight excluding hydrogens is 411 g/mol. The number of nitrogens with one attached hydrogen (secondary N) is 1. The average Bonchev–Trinajstić information content (AvgIpc) is 3.50. The Hall–Kier alpha value is -4.01. The summed E-state index contributed by atoms with van der Waals surface area (Å²) < 4.78 is 13.1. The van der Waals surface area contributed by atoms with E-state index < -0.39 is 18.0 Å². The van der Waals surface area contributed by atoms with E-state index in [1.165, 1.54) is 12.4 Å². The van der Waals surface area contributed by atoms with Gasteiger partial charge >= 0.3 is 0 Å². The number of hydrogen-bond donors (Lipinski definition) is 2. The van der Waals surface area contributed by atoms with Gasteiger partial charge in [-0.05, 0) is 48.6 Å². The summed E-state index contributed by atoms with van der Waals surface area (Å²) in [6, 6.07) is 5.36. The van der Waals surface area contributed by atoms with E-state index in [4.69, 9.17) is 5.73 Å². The Morgan fingerprint density at radius 3 is 2.75 bits per heavy atom. The third-order valence-corrected chi connectivity index (χ3v) is 5.63. The number of hydrogen-bond acceptors (Lipinski definition) is 6. The van der Waals surface area contributed by atoms with Crippen LogP contribution in [0.3, 0.4) is 0 Å². The Morgan fingerprint density at radius 1 is 1.22 bits per heavy atom. The molecule has 3 aromatic rings. The Balaban J connectivity index is 1.48. The van der Waals surface area contributed by atoms with E-state index in [9.17, 15) is 14.0 Å². The number of nitrogens with zero attached hydrogens (tertiary/aromatic N) is 4. The zero-order valence-electron chi connectivity index (χ0n) is 17.1. The molecule has 0 radical (unpaired) electrons. The third kappa shape index (κ3) is 3.62. The SMILES string of the molecule is Cc1cc(C2C=CC=NC2=O)ncc1-c1cc2cc(NC(=O)[C@@H]3C[C@@H]3F)ncc2c(N)n1. The number of anilines is 2. The Kier molecular flexibility index (Phi) is 4.73. The first-order chi connectivity index (χ1) is 15.4. The maximum Gasteiger partial charge on any atom is 0.258 e. The molecule has 1 aliphatic heterocycles. The van der Waals surface area contributed by atoms with E-state index in [0.29, 0.717) is 22.6 Å². The lowest BCUT2D eigenvalue weighted by atomic mass is 9.98. The van der Waals surface area contributed by atoms with Gasteiger partial charge in [0.25, 0.3) is 5.91 Å². The first kappa shape index (κ1) is 19.9. The minimum atomic E-state index is -1.08. The van der Waals surface area contributed by atoms with E-state index in [1.54, 1.807) is 24.4 Å². The van der Waals surface area contributed by atoms with Gasteiger partial charge in [-0.25, -0.2) is 19.4 Å². The number of fused-ring (bicyclic) bond motifs is 1. The number of halogens is 1. The van der Waals surface area contributed by atoms with Gasteiger partial charge in [0, 0.05) is 29.6 Å². The number of aliphatic imine (C=N–C) groups is 1. The lowest BCUT2D eigenvalue weighted by Gasteiger charge is -2.14. The van der Waals surface area contributed by atoms with Crippen molar-refractivity contribution < 1.29 is 14.0 Å². The lowest BCUT2D eigenvalue weighted by Crippen LogP contribution is -2.15. The Labute approximate surface area is 182 Å². The van der Waals surface area contributed by atoms with Crippen LogP contribution in [0, 0.1) is 12.8 Å². The maximum absolute atomic E-state index is 13.1. The number of nitrogens with two attached hydrogens (primary N) is 1. The largest absolute Gasteiger partial charge is 0.383 e. The van der Waals surface area contributed by atoms with Gasteiger partial charge in [-0.15, -0.1) is 0 Å². The second-order valence-corrected chi connectivity index (χ2v) is 7.93. The van der Waals surface area contributed by atoms with Crippen LogP contribution < -0.4 is 11.1 Å². The van der Waals surface area contributed by atoms with Crippen molar-refractivity contribution in [1.29, 1.82) is 0 Å². The van der Waals surface area contributed by atoms with Crippen LogP contribution in [0.4, 0.5) is 16.0 Å². The molecule has 1 saturated carbocycles. The third-order valence-electron chi connectivity index (χ3n) is 5.63. The number of carbonyl (C=O) groups excluding carboxylic acids is 2. The highest BCUT2D eigenvalue weighted by molar-refractivity contribution is 5.99. The monoisotopic (exact) mass is 430 g/mol. The van der Waals surface area contributed by atoms with Crippen molar-refractivity contribution in [3.8, 4) is 11.3 Å². The number of nitrogen functional groups attached to an aromatic ring is 1. The summed E-state index contributed by atoms with van der Waals surface area (Å²) in [6.07, 6.45) is 7.32. The van der Waals surface area contributed by atoms with Crippen molar-refractivity contribution >= 4 is 40.4 Å². The quantitative estimate of drug-likeness (QED) is 0.656. The van der Waals surface area contributed by atoms with E-state index in [2.05, 4.69) is 25.3 Å². The van der Waals surface area contributed by atoms with Crippen LogP contribution in [0.15, 0.2) is 47.7 Å². The molecule has 0 aromatic carbocycles. The van der Waals surface area contributed by atoms with Crippen LogP contribution in [-0.2, 0) is 9.59 Å². The van der Waals surface area contributed by atoms with E-state index >= 15 is 0 Å². The van der Waals surface area contributed by atoms with Crippen LogP contribution in [0.1, 0.15) is 23.6 Å². The standard InChI is InChI=1S/C23H19FN6O2/c1-11-5-18(13-3-2-4-26-22(13)31)27-9-15(11)19-6-12-7-20(28-10-16(12)21(25)29-19)30-23(32)14-8-17(14)24/h2-7,9-10,13-14,17H,8H2,1H3,(H2,25,29)(H,28,30,32)/t13?,14-,17+/m1/s1. The molecule has 0 bridgehead atoms. The zero-order chi connectivity index (χ0) is 22.4. The summed E-state index contributed by atoms with van der Waals surface area (Å²) in [6.45, 7) is 1.91. The van der Waals surface area contributed by atoms with Crippen molar-refractivity contribution in [3.63, 3.8) is 0 Å². The number of rotatable bonds is 4. The molecule has 2 aliphatic rings. The zero-order valence-corrected chi connectivity index (χ0v) is 17.1. The van der Waals surface area contributed by atoms with Gasteiger partial charge in [-0.1, -0.05) is 6.08 Å². The van der Waals surface area contributed by atoms with Crippen molar-refractivity contribution in [2.24, 2.45) is 10.9 Å². The molecule has 9 heteroatoms. The van der Waals surface area contributed by atoms with Crippen LogP contribution in [0.25, 0.3) is 22.0 Å². The first-order valence-electron chi connectivity index (χ1n) is 10.1. The molecule has 4 heterocycles. The van der Waals surface area contributed by atoms with E-state index in [0.717, 1.165) is 16.5 Å². The topological polar surface area (TPSA) is 123 Å². The number of carbonyl (C=O) groups is 2. The molecule has 1 unspecified atom stereocenters. The molecule has 160 valence electrons. The van der Waals surface area contributed by atoms with Gasteiger partial charge in [0.2, 0.25) is 5.91 Å². The van der Waals surface area contributed by atoms with Gasteiger partial charge < -0.3 is 11.1 Å². The first-order valence-corrected chi connectivity index (χ1v) is 10.1. The number of alkyl halides is 1. The fraction of sp³-hybridized carbons (Fsp3) is 0.217. The summed E-state index contributed by atoms with van der Waals surface area (Å²) in [4.78, 5) is 41.0. The molecule has 32 heavy (non-hydrogen) atoms. The molecule has 1 aliphatic carbocycles. The maximum atomic E-state index is 13.1. The molecular formula is C23H19FN6O2. The van der Waals surface area contributed by atoms with Crippen LogP contribution in [0.5, 0.6) is 0 Å². The molecule has 5 rings (SSSR count). The fourth-order valence-corrected chi connectivity index (χ4v) is 3.72. The normalized spacial score (nSPS) is 21.7. The summed E-state index contributed by atoms with van der Waals surface area (Å²) in [5.41, 5.74) is 9.01. The van der Waals surface area contributed by atoms with Gasteiger partial charge in [0.05, 0.1) is 17.3 Å². The number of allylic oxidation sites excluding steroid dienone is 1. The summed E-state index contributed by atoms with van der Waals surface area (Å²) in [5, 5.41) is 4.02. The van der Waals surface area contributed by atoms with E-state index in [1.807, 2.05) is 19.1 Å². The molecule has 0 spiro atoms. The molecule has 8 nitrogen and oxygen atoms in total. The second-order valence-electron chi connectivity index (χ2n) is 7.93. The van der Waals surface area contributed by atoms with Crippen molar-refractivity contribution in [2.45, 2.75) is 25.4 Å². The highest BCUT2D eigenvalue weighted by Crippen LogP contribution is 2.35. The van der Waals surface area contributed by atoms with Crippen LogP contribution in [-0.4, -0.2) is 39.2 Å². The molecule has 3 N–H and O–H groups in total.